The molecule has 5 nitrogen and oxygen atoms in total. The van der Waals surface area contributed by atoms with Crippen molar-refractivity contribution >= 4 is 17.3 Å². The number of halogens is 2. The first kappa shape index (κ1) is 25.0. The van der Waals surface area contributed by atoms with Crippen LogP contribution >= 0.6 is 0 Å². The second-order valence-corrected chi connectivity index (χ2v) is 8.61. The lowest BCUT2D eigenvalue weighted by Crippen LogP contribution is -2.24. The molecule has 0 aliphatic carbocycles. The van der Waals surface area contributed by atoms with Crippen LogP contribution in [0.2, 0.25) is 0 Å². The quantitative estimate of drug-likeness (QED) is 0.345. The molecule has 180 valence electrons. The zero-order chi connectivity index (χ0) is 24.9. The minimum atomic E-state index is -0.661. The number of rotatable bonds is 8. The highest BCUT2D eigenvalue weighted by Crippen LogP contribution is 2.36. The smallest absolute Gasteiger partial charge is 0.338 e. The van der Waals surface area contributed by atoms with Crippen molar-refractivity contribution in [2.24, 2.45) is 0 Å². The molecule has 0 amide bonds. The molecule has 0 fully saturated rings. The first-order chi connectivity index (χ1) is 16.1. The Kier molecular flexibility index (Phi) is 7.76. The van der Waals surface area contributed by atoms with Gasteiger partial charge < -0.3 is 19.1 Å². The van der Waals surface area contributed by atoms with Gasteiger partial charge in [-0.3, -0.25) is 0 Å². The average molecular weight is 470 g/mol. The van der Waals surface area contributed by atoms with E-state index in [9.17, 15) is 13.6 Å². The van der Waals surface area contributed by atoms with E-state index in [0.29, 0.717) is 35.0 Å². The van der Waals surface area contributed by atoms with Gasteiger partial charge in [0.15, 0.2) is 11.5 Å². The first-order valence-corrected chi connectivity index (χ1v) is 11.0. The van der Waals surface area contributed by atoms with Gasteiger partial charge in [0.1, 0.15) is 17.2 Å². The summed E-state index contributed by atoms with van der Waals surface area (Å²) < 4.78 is 45.7. The third kappa shape index (κ3) is 6.04. The molecular weight excluding hydrogens is 440 g/mol. The van der Waals surface area contributed by atoms with Crippen molar-refractivity contribution < 1.29 is 27.8 Å². The van der Waals surface area contributed by atoms with Gasteiger partial charge in [-0.15, -0.1) is 0 Å². The highest BCUT2D eigenvalue weighted by molar-refractivity contribution is 5.91. The number of methoxy groups -OCH3 is 1. The number of anilines is 2. The lowest BCUT2D eigenvalue weighted by molar-refractivity contribution is 0.00695. The van der Waals surface area contributed by atoms with Gasteiger partial charge in [0.05, 0.1) is 25.8 Å². The van der Waals surface area contributed by atoms with Gasteiger partial charge in [0.25, 0.3) is 0 Å². The number of esters is 1. The van der Waals surface area contributed by atoms with Crippen LogP contribution in [0.5, 0.6) is 11.5 Å². The van der Waals surface area contributed by atoms with Crippen LogP contribution in [-0.2, 0) is 11.3 Å². The molecule has 0 bridgehead atoms. The van der Waals surface area contributed by atoms with Crippen LogP contribution in [0.15, 0.2) is 60.7 Å². The predicted molar refractivity (Wildman–Crippen MR) is 128 cm³/mol. The SMILES string of the molecule is CCOc1cc(N(Cc2c(F)cccc2F)c2cccc(C(=O)OC(C)(C)C)c2)ccc1OC. The third-order valence-electron chi connectivity index (χ3n) is 4.93. The fraction of sp³-hybridized carbons (Fsp3) is 0.296. The molecule has 0 N–H and O–H groups in total. The summed E-state index contributed by atoms with van der Waals surface area (Å²) in [7, 11) is 1.54. The van der Waals surface area contributed by atoms with E-state index in [1.54, 1.807) is 68.1 Å². The zero-order valence-electron chi connectivity index (χ0n) is 20.0. The first-order valence-electron chi connectivity index (χ1n) is 11.0. The Morgan fingerprint density at radius 1 is 0.912 bits per heavy atom. The molecule has 3 aromatic rings. The van der Waals surface area contributed by atoms with Crippen LogP contribution in [0.25, 0.3) is 0 Å². The van der Waals surface area contributed by atoms with E-state index < -0.39 is 23.2 Å². The van der Waals surface area contributed by atoms with Gasteiger partial charge in [-0.1, -0.05) is 12.1 Å². The van der Waals surface area contributed by atoms with E-state index in [2.05, 4.69) is 0 Å². The largest absolute Gasteiger partial charge is 0.493 e. The van der Waals surface area contributed by atoms with Gasteiger partial charge in [-0.2, -0.15) is 0 Å². The number of benzene rings is 3. The van der Waals surface area contributed by atoms with Crippen LogP contribution < -0.4 is 14.4 Å². The summed E-state index contributed by atoms with van der Waals surface area (Å²) in [6.45, 7) is 7.50. The van der Waals surface area contributed by atoms with E-state index in [-0.39, 0.29) is 12.1 Å². The van der Waals surface area contributed by atoms with E-state index in [4.69, 9.17) is 14.2 Å². The van der Waals surface area contributed by atoms with Gasteiger partial charge in [0, 0.05) is 23.0 Å². The summed E-state index contributed by atoms with van der Waals surface area (Å²) in [5, 5.41) is 0. The number of carbonyl (C=O) groups excluding carboxylic acids is 1. The summed E-state index contributed by atoms with van der Waals surface area (Å²) in [5.74, 6) is -0.787. The molecule has 0 saturated heterocycles. The van der Waals surface area contributed by atoms with E-state index in [0.717, 1.165) is 0 Å². The molecule has 0 aliphatic rings. The van der Waals surface area contributed by atoms with Crippen LogP contribution in [0, 0.1) is 11.6 Å². The molecule has 3 aromatic carbocycles. The molecule has 0 unspecified atom stereocenters. The monoisotopic (exact) mass is 469 g/mol. The Bertz CT molecular complexity index is 1140. The predicted octanol–water partition coefficient (Wildman–Crippen LogP) is 6.67. The zero-order valence-corrected chi connectivity index (χ0v) is 20.0. The van der Waals surface area contributed by atoms with Crippen LogP contribution in [0.3, 0.4) is 0 Å². The Balaban J connectivity index is 2.11. The Morgan fingerprint density at radius 3 is 2.18 bits per heavy atom. The summed E-state index contributed by atoms with van der Waals surface area (Å²) in [4.78, 5) is 14.4. The van der Waals surface area contributed by atoms with E-state index in [1.165, 1.54) is 25.3 Å². The standard InChI is InChI=1S/C27H29F2NO4/c1-6-33-25-16-20(13-14-24(25)32-5)30(17-21-22(28)11-8-12-23(21)29)19-10-7-9-18(15-19)26(31)34-27(2,3)4/h7-16H,6,17H2,1-5H3. The molecule has 34 heavy (non-hydrogen) atoms. The molecular formula is C27H29F2NO4. The second kappa shape index (κ2) is 10.5. The van der Waals surface area contributed by atoms with Crippen LogP contribution in [-0.4, -0.2) is 25.3 Å². The number of ether oxygens (including phenoxy) is 3. The molecule has 0 spiro atoms. The van der Waals surface area contributed by atoms with Gasteiger partial charge in [-0.25, -0.2) is 13.6 Å². The topological polar surface area (TPSA) is 48.0 Å². The Morgan fingerprint density at radius 2 is 1.56 bits per heavy atom. The summed E-state index contributed by atoms with van der Waals surface area (Å²) >= 11 is 0. The lowest BCUT2D eigenvalue weighted by Gasteiger charge is -2.27. The summed E-state index contributed by atoms with van der Waals surface area (Å²) in [6, 6.07) is 15.7. The average Bonchev–Trinajstić information content (AvgIpc) is 2.78. The van der Waals surface area contributed by atoms with Crippen molar-refractivity contribution in [1.29, 1.82) is 0 Å². The number of hydrogen-bond donors (Lipinski definition) is 0. The lowest BCUT2D eigenvalue weighted by atomic mass is 10.1. The molecule has 0 saturated carbocycles. The van der Waals surface area contributed by atoms with E-state index in [1.807, 2.05) is 6.92 Å². The van der Waals surface area contributed by atoms with Crippen molar-refractivity contribution in [3.8, 4) is 11.5 Å². The fourth-order valence-electron chi connectivity index (χ4n) is 3.41. The summed E-state index contributed by atoms with van der Waals surface area (Å²) in [5.41, 5.74) is 0.724. The minimum absolute atomic E-state index is 0.0982. The van der Waals surface area contributed by atoms with Crippen molar-refractivity contribution in [2.75, 3.05) is 18.6 Å². The fourth-order valence-corrected chi connectivity index (χ4v) is 3.41. The molecule has 0 radical (unpaired) electrons. The molecule has 0 aliphatic heterocycles. The molecule has 7 heteroatoms. The van der Waals surface area contributed by atoms with Gasteiger partial charge in [0.2, 0.25) is 0 Å². The highest BCUT2D eigenvalue weighted by Gasteiger charge is 2.21. The number of carbonyl (C=O) groups is 1. The normalized spacial score (nSPS) is 11.1. The maximum atomic E-state index is 14.6. The van der Waals surface area contributed by atoms with Gasteiger partial charge in [-0.05, 0) is 70.2 Å². The molecule has 0 heterocycles. The van der Waals surface area contributed by atoms with Crippen molar-refractivity contribution in [3.05, 3.63) is 83.4 Å². The van der Waals surface area contributed by atoms with Crippen molar-refractivity contribution in [3.63, 3.8) is 0 Å². The van der Waals surface area contributed by atoms with Crippen molar-refractivity contribution in [2.45, 2.75) is 39.8 Å². The summed E-state index contributed by atoms with van der Waals surface area (Å²) in [6.07, 6.45) is 0. The second-order valence-electron chi connectivity index (χ2n) is 8.61. The maximum Gasteiger partial charge on any atom is 0.338 e. The molecule has 3 rings (SSSR count). The van der Waals surface area contributed by atoms with Crippen LogP contribution in [0.4, 0.5) is 20.2 Å². The molecule has 0 atom stereocenters. The minimum Gasteiger partial charge on any atom is -0.493 e. The van der Waals surface area contributed by atoms with Crippen LogP contribution in [0.1, 0.15) is 43.6 Å². The number of nitrogens with zero attached hydrogens (tertiary/aromatic N) is 1. The van der Waals surface area contributed by atoms with Crippen molar-refractivity contribution in [1.82, 2.24) is 0 Å². The van der Waals surface area contributed by atoms with E-state index >= 15 is 0 Å². The number of hydrogen-bond acceptors (Lipinski definition) is 5. The third-order valence-corrected chi connectivity index (χ3v) is 4.93. The Hall–Kier alpha value is -3.61. The molecule has 0 aromatic heterocycles. The maximum absolute atomic E-state index is 14.6. The van der Waals surface area contributed by atoms with Gasteiger partial charge >= 0.3 is 5.97 Å². The highest BCUT2D eigenvalue weighted by atomic mass is 19.1. The Labute approximate surface area is 198 Å².